The van der Waals surface area contributed by atoms with Gasteiger partial charge >= 0.3 is 0 Å². The van der Waals surface area contributed by atoms with Crippen molar-refractivity contribution in [1.29, 1.82) is 0 Å². The number of nitrogens with zero attached hydrogens (tertiary/aromatic N) is 3. The standard InChI is InChI=1S/C13H16ClN3O2/c1-16(9-12(18)17-6-2-3-7-17)13(19)10-4-5-15-11(14)8-10/h4-5,8H,2-3,6-7,9H2,1H3. The fourth-order valence-electron chi connectivity index (χ4n) is 2.10. The average Bonchev–Trinajstić information content (AvgIpc) is 2.91. The minimum Gasteiger partial charge on any atom is -0.341 e. The highest BCUT2D eigenvalue weighted by Crippen LogP contribution is 2.11. The minimum atomic E-state index is -0.225. The van der Waals surface area contributed by atoms with Crippen molar-refractivity contribution >= 4 is 23.4 Å². The van der Waals surface area contributed by atoms with Gasteiger partial charge in [0, 0.05) is 31.9 Å². The van der Waals surface area contributed by atoms with Crippen LogP contribution in [-0.4, -0.2) is 53.3 Å². The average molecular weight is 282 g/mol. The number of likely N-dealkylation sites (N-methyl/N-ethyl adjacent to an activating group) is 1. The molecule has 0 aromatic carbocycles. The highest BCUT2D eigenvalue weighted by Gasteiger charge is 2.21. The van der Waals surface area contributed by atoms with Crippen molar-refractivity contribution in [2.75, 3.05) is 26.7 Å². The molecule has 0 spiro atoms. The molecule has 0 bridgehead atoms. The highest BCUT2D eigenvalue weighted by molar-refractivity contribution is 6.29. The Labute approximate surface area is 117 Å². The second-order valence-electron chi connectivity index (χ2n) is 4.62. The predicted molar refractivity (Wildman–Crippen MR) is 72.0 cm³/mol. The summed E-state index contributed by atoms with van der Waals surface area (Å²) in [4.78, 5) is 31.1. The molecule has 1 aliphatic rings. The number of amides is 2. The van der Waals surface area contributed by atoms with Crippen molar-refractivity contribution in [3.8, 4) is 0 Å². The number of hydrogen-bond donors (Lipinski definition) is 0. The van der Waals surface area contributed by atoms with E-state index in [9.17, 15) is 9.59 Å². The lowest BCUT2D eigenvalue weighted by atomic mass is 10.2. The largest absolute Gasteiger partial charge is 0.341 e. The normalized spacial score (nSPS) is 14.5. The molecule has 0 radical (unpaired) electrons. The number of rotatable bonds is 3. The molecular formula is C13H16ClN3O2. The number of aromatic nitrogens is 1. The number of pyridine rings is 1. The number of carbonyl (C=O) groups excluding carboxylic acids is 2. The third kappa shape index (κ3) is 3.44. The van der Waals surface area contributed by atoms with Gasteiger partial charge in [-0.15, -0.1) is 0 Å². The number of likely N-dealkylation sites (tertiary alicyclic amines) is 1. The van der Waals surface area contributed by atoms with Gasteiger partial charge in [0.1, 0.15) is 5.15 Å². The van der Waals surface area contributed by atoms with Crippen molar-refractivity contribution in [3.63, 3.8) is 0 Å². The lowest BCUT2D eigenvalue weighted by Gasteiger charge is -2.21. The van der Waals surface area contributed by atoms with Gasteiger partial charge in [0.2, 0.25) is 5.91 Å². The maximum absolute atomic E-state index is 12.1. The Morgan fingerprint density at radius 2 is 2.11 bits per heavy atom. The van der Waals surface area contributed by atoms with Crippen LogP contribution < -0.4 is 0 Å². The first-order valence-electron chi connectivity index (χ1n) is 6.23. The summed E-state index contributed by atoms with van der Waals surface area (Å²) >= 11 is 5.75. The fourth-order valence-corrected chi connectivity index (χ4v) is 2.27. The van der Waals surface area contributed by atoms with E-state index in [1.54, 1.807) is 18.0 Å². The van der Waals surface area contributed by atoms with Gasteiger partial charge in [-0.1, -0.05) is 11.6 Å². The third-order valence-electron chi connectivity index (χ3n) is 3.15. The summed E-state index contributed by atoms with van der Waals surface area (Å²) in [5.74, 6) is -0.231. The number of carbonyl (C=O) groups is 2. The lowest BCUT2D eigenvalue weighted by molar-refractivity contribution is -0.130. The van der Waals surface area contributed by atoms with E-state index in [1.807, 2.05) is 0 Å². The van der Waals surface area contributed by atoms with E-state index in [0.29, 0.717) is 5.56 Å². The maximum atomic E-state index is 12.1. The van der Waals surface area contributed by atoms with E-state index < -0.39 is 0 Å². The zero-order valence-corrected chi connectivity index (χ0v) is 11.6. The van der Waals surface area contributed by atoms with E-state index in [2.05, 4.69) is 4.98 Å². The van der Waals surface area contributed by atoms with Crippen LogP contribution in [-0.2, 0) is 4.79 Å². The molecule has 102 valence electrons. The van der Waals surface area contributed by atoms with Gasteiger partial charge in [-0.25, -0.2) is 4.98 Å². The summed E-state index contributed by atoms with van der Waals surface area (Å²) in [5.41, 5.74) is 0.441. The van der Waals surface area contributed by atoms with Crippen LogP contribution in [0.25, 0.3) is 0 Å². The van der Waals surface area contributed by atoms with Crippen molar-refractivity contribution < 1.29 is 9.59 Å². The summed E-state index contributed by atoms with van der Waals surface area (Å²) in [6.45, 7) is 1.68. The molecule has 5 nitrogen and oxygen atoms in total. The van der Waals surface area contributed by atoms with Crippen LogP contribution in [0.15, 0.2) is 18.3 Å². The third-order valence-corrected chi connectivity index (χ3v) is 3.36. The van der Waals surface area contributed by atoms with Crippen molar-refractivity contribution in [2.45, 2.75) is 12.8 Å². The molecule has 0 unspecified atom stereocenters. The highest BCUT2D eigenvalue weighted by atomic mass is 35.5. The van der Waals surface area contributed by atoms with Gasteiger partial charge in [0.05, 0.1) is 6.54 Å². The van der Waals surface area contributed by atoms with Crippen molar-refractivity contribution in [3.05, 3.63) is 29.0 Å². The number of halogens is 1. The monoisotopic (exact) mass is 281 g/mol. The quantitative estimate of drug-likeness (QED) is 0.788. The molecule has 6 heteroatoms. The van der Waals surface area contributed by atoms with Crippen LogP contribution in [0.4, 0.5) is 0 Å². The molecule has 1 aromatic rings. The molecule has 0 aliphatic carbocycles. The molecule has 0 N–H and O–H groups in total. The zero-order chi connectivity index (χ0) is 13.8. The molecule has 1 aromatic heterocycles. The van der Waals surface area contributed by atoms with Crippen LogP contribution in [0.3, 0.4) is 0 Å². The maximum Gasteiger partial charge on any atom is 0.254 e. The van der Waals surface area contributed by atoms with E-state index in [-0.39, 0.29) is 23.5 Å². The SMILES string of the molecule is CN(CC(=O)N1CCCC1)C(=O)c1ccnc(Cl)c1. The molecule has 0 saturated carbocycles. The first-order chi connectivity index (χ1) is 9.08. The van der Waals surface area contributed by atoms with Gasteiger partial charge in [0.15, 0.2) is 0 Å². The first kappa shape index (κ1) is 13.8. The second kappa shape index (κ2) is 6.02. The van der Waals surface area contributed by atoms with Crippen LogP contribution >= 0.6 is 11.6 Å². The first-order valence-corrected chi connectivity index (χ1v) is 6.60. The van der Waals surface area contributed by atoms with Crippen LogP contribution in [0.2, 0.25) is 5.15 Å². The van der Waals surface area contributed by atoms with Crippen molar-refractivity contribution in [1.82, 2.24) is 14.8 Å². The molecule has 1 fully saturated rings. The van der Waals surface area contributed by atoms with Crippen molar-refractivity contribution in [2.24, 2.45) is 0 Å². The Balaban J connectivity index is 1.97. The smallest absolute Gasteiger partial charge is 0.254 e. The summed E-state index contributed by atoms with van der Waals surface area (Å²) in [5, 5.41) is 0.269. The summed E-state index contributed by atoms with van der Waals surface area (Å²) in [7, 11) is 1.62. The molecule has 0 atom stereocenters. The van der Waals surface area contributed by atoms with Crippen LogP contribution in [0.1, 0.15) is 23.2 Å². The molecule has 2 rings (SSSR count). The van der Waals surface area contributed by atoms with E-state index in [1.165, 1.54) is 17.2 Å². The predicted octanol–water partition coefficient (Wildman–Crippen LogP) is 1.43. The number of hydrogen-bond acceptors (Lipinski definition) is 3. The molecule has 2 amide bonds. The van der Waals surface area contributed by atoms with E-state index in [4.69, 9.17) is 11.6 Å². The van der Waals surface area contributed by atoms with Gasteiger partial charge in [-0.3, -0.25) is 9.59 Å². The Kier molecular flexibility index (Phi) is 4.37. The summed E-state index contributed by atoms with van der Waals surface area (Å²) < 4.78 is 0. The summed E-state index contributed by atoms with van der Waals surface area (Å²) in [6.07, 6.45) is 3.57. The van der Waals surface area contributed by atoms with Gasteiger partial charge < -0.3 is 9.80 Å². The van der Waals surface area contributed by atoms with Crippen LogP contribution in [0.5, 0.6) is 0 Å². The Morgan fingerprint density at radius 3 is 2.74 bits per heavy atom. The van der Waals surface area contributed by atoms with Gasteiger partial charge in [0.25, 0.3) is 5.91 Å². The molecule has 1 saturated heterocycles. The molecule has 19 heavy (non-hydrogen) atoms. The molecule has 1 aliphatic heterocycles. The minimum absolute atomic E-state index is 0.00602. The second-order valence-corrected chi connectivity index (χ2v) is 5.00. The van der Waals surface area contributed by atoms with Crippen LogP contribution in [0, 0.1) is 0 Å². The molecule has 2 heterocycles. The molecular weight excluding hydrogens is 266 g/mol. The topological polar surface area (TPSA) is 53.5 Å². The fraction of sp³-hybridized carbons (Fsp3) is 0.462. The van der Waals surface area contributed by atoms with Gasteiger partial charge in [-0.2, -0.15) is 0 Å². The Bertz CT molecular complexity index is 487. The van der Waals surface area contributed by atoms with Gasteiger partial charge in [-0.05, 0) is 25.0 Å². The van der Waals surface area contributed by atoms with E-state index >= 15 is 0 Å². The van der Waals surface area contributed by atoms with E-state index in [0.717, 1.165) is 25.9 Å². The lowest BCUT2D eigenvalue weighted by Crippen LogP contribution is -2.39. The Hall–Kier alpha value is -1.62. The summed E-state index contributed by atoms with van der Waals surface area (Å²) in [6, 6.07) is 3.09. The zero-order valence-electron chi connectivity index (χ0n) is 10.8. The Morgan fingerprint density at radius 1 is 1.42 bits per heavy atom.